The highest BCUT2D eigenvalue weighted by Crippen LogP contribution is 2.27. The first kappa shape index (κ1) is 16.0. The van der Waals surface area contributed by atoms with Gasteiger partial charge in [-0.2, -0.15) is 0 Å². The van der Waals surface area contributed by atoms with Crippen LogP contribution >= 0.6 is 15.9 Å². The molecule has 0 spiro atoms. The molecular weight excluding hydrogens is 340 g/mol. The molecule has 0 aliphatic rings. The van der Waals surface area contributed by atoms with Gasteiger partial charge in [0.2, 0.25) is 10.0 Å². The van der Waals surface area contributed by atoms with Crippen molar-refractivity contribution in [2.45, 2.75) is 24.3 Å². The zero-order valence-electron chi connectivity index (χ0n) is 10.0. The van der Waals surface area contributed by atoms with Gasteiger partial charge in [0, 0.05) is 16.6 Å². The zero-order valence-corrected chi connectivity index (χ0v) is 12.4. The van der Waals surface area contributed by atoms with Crippen molar-refractivity contribution in [1.82, 2.24) is 4.72 Å². The van der Waals surface area contributed by atoms with Gasteiger partial charge in [-0.15, -0.1) is 0 Å². The Morgan fingerprint density at radius 2 is 2.16 bits per heavy atom. The average molecular weight is 353 g/mol. The molecular formula is C10H13BrN2O5S. The number of nitrogens with zero attached hydrogens (tertiary/aromatic N) is 1. The van der Waals surface area contributed by atoms with Crippen LogP contribution in [0.5, 0.6) is 0 Å². The number of hydrogen-bond donors (Lipinski definition) is 2. The van der Waals surface area contributed by atoms with Crippen LogP contribution in [0.25, 0.3) is 0 Å². The van der Waals surface area contributed by atoms with Gasteiger partial charge in [0.1, 0.15) is 0 Å². The van der Waals surface area contributed by atoms with Crippen LogP contribution in [0.15, 0.2) is 27.6 Å². The lowest BCUT2D eigenvalue weighted by molar-refractivity contribution is -0.387. The van der Waals surface area contributed by atoms with Crippen molar-refractivity contribution in [2.24, 2.45) is 0 Å². The average Bonchev–Trinajstić information content (AvgIpc) is 2.35. The van der Waals surface area contributed by atoms with Gasteiger partial charge in [0.05, 0.1) is 11.5 Å². The van der Waals surface area contributed by atoms with Gasteiger partial charge >= 0.3 is 0 Å². The van der Waals surface area contributed by atoms with Crippen molar-refractivity contribution in [3.05, 3.63) is 32.8 Å². The van der Waals surface area contributed by atoms with Gasteiger partial charge in [-0.1, -0.05) is 22.9 Å². The summed E-state index contributed by atoms with van der Waals surface area (Å²) in [6, 6.07) is 2.98. The van der Waals surface area contributed by atoms with E-state index >= 15 is 0 Å². The third-order valence-electron chi connectivity index (χ3n) is 2.44. The van der Waals surface area contributed by atoms with Crippen LogP contribution in [0.2, 0.25) is 0 Å². The number of sulfonamides is 1. The predicted octanol–water partition coefficient (Wildman–Crippen LogP) is 1.41. The molecule has 106 valence electrons. The van der Waals surface area contributed by atoms with Crippen LogP contribution < -0.4 is 4.72 Å². The predicted molar refractivity (Wildman–Crippen MR) is 72.3 cm³/mol. The molecule has 0 fully saturated rings. The van der Waals surface area contributed by atoms with Gasteiger partial charge < -0.3 is 5.11 Å². The van der Waals surface area contributed by atoms with Gasteiger partial charge in [-0.25, -0.2) is 13.1 Å². The summed E-state index contributed by atoms with van der Waals surface area (Å²) in [6.45, 7) is 1.32. The first-order valence-electron chi connectivity index (χ1n) is 5.39. The fourth-order valence-electron chi connectivity index (χ4n) is 1.39. The van der Waals surface area contributed by atoms with Crippen LogP contribution in [-0.2, 0) is 10.0 Å². The van der Waals surface area contributed by atoms with E-state index in [1.54, 1.807) is 6.92 Å². The van der Waals surface area contributed by atoms with E-state index in [1.165, 1.54) is 6.07 Å². The van der Waals surface area contributed by atoms with Gasteiger partial charge in [0.15, 0.2) is 4.90 Å². The molecule has 1 aromatic rings. The summed E-state index contributed by atoms with van der Waals surface area (Å²) in [5.41, 5.74) is -0.511. The third-order valence-corrected chi connectivity index (χ3v) is 4.49. The molecule has 19 heavy (non-hydrogen) atoms. The van der Waals surface area contributed by atoms with E-state index in [1.807, 2.05) is 0 Å². The molecule has 0 radical (unpaired) electrons. The highest BCUT2D eigenvalue weighted by atomic mass is 79.9. The molecule has 0 aromatic heterocycles. The van der Waals surface area contributed by atoms with Crippen molar-refractivity contribution in [3.8, 4) is 0 Å². The largest absolute Gasteiger partial charge is 0.395 e. The normalized spacial score (nSPS) is 13.2. The molecule has 1 atom stereocenters. The topological polar surface area (TPSA) is 110 Å². The van der Waals surface area contributed by atoms with E-state index in [-0.39, 0.29) is 6.61 Å². The summed E-state index contributed by atoms with van der Waals surface area (Å²) < 4.78 is 26.8. The standard InChI is InChI=1S/C10H13BrN2O5S/c1-2-8(6-14)12-19(17,18)10-5-7(11)3-4-9(10)13(15)16/h3-5,8,12,14H,2,6H2,1H3. The maximum absolute atomic E-state index is 12.1. The first-order valence-corrected chi connectivity index (χ1v) is 7.66. The number of rotatable bonds is 6. The Hall–Kier alpha value is -1.03. The molecule has 7 nitrogen and oxygen atoms in total. The van der Waals surface area contributed by atoms with Crippen molar-refractivity contribution in [3.63, 3.8) is 0 Å². The zero-order chi connectivity index (χ0) is 14.6. The monoisotopic (exact) mass is 352 g/mol. The van der Waals surface area contributed by atoms with E-state index in [4.69, 9.17) is 5.11 Å². The number of nitrogens with one attached hydrogen (secondary N) is 1. The third kappa shape index (κ3) is 3.96. The van der Waals surface area contributed by atoms with E-state index in [0.717, 1.165) is 12.1 Å². The minimum Gasteiger partial charge on any atom is -0.395 e. The van der Waals surface area contributed by atoms with E-state index in [9.17, 15) is 18.5 Å². The summed E-state index contributed by atoms with van der Waals surface area (Å²) >= 11 is 3.07. The molecule has 1 aromatic carbocycles. The number of nitro groups is 1. The second-order valence-corrected chi connectivity index (χ2v) is 6.38. The summed E-state index contributed by atoms with van der Waals surface area (Å²) in [5, 5.41) is 19.9. The fourth-order valence-corrected chi connectivity index (χ4v) is 3.41. The van der Waals surface area contributed by atoms with E-state index < -0.39 is 31.6 Å². The molecule has 0 heterocycles. The minimum atomic E-state index is -4.06. The smallest absolute Gasteiger partial charge is 0.289 e. The molecule has 1 rings (SSSR count). The molecule has 1 unspecified atom stereocenters. The lowest BCUT2D eigenvalue weighted by Gasteiger charge is -2.14. The van der Waals surface area contributed by atoms with E-state index in [2.05, 4.69) is 20.7 Å². The lowest BCUT2D eigenvalue weighted by atomic mass is 10.3. The van der Waals surface area contributed by atoms with Gasteiger partial charge in [-0.05, 0) is 18.6 Å². The van der Waals surface area contributed by atoms with Crippen molar-refractivity contribution in [1.29, 1.82) is 0 Å². The minimum absolute atomic E-state index is 0.373. The Morgan fingerprint density at radius 1 is 1.53 bits per heavy atom. The van der Waals surface area contributed by atoms with Crippen molar-refractivity contribution < 1.29 is 18.4 Å². The molecule has 0 aliphatic heterocycles. The molecule has 2 N–H and O–H groups in total. The molecule has 9 heteroatoms. The number of nitro benzene ring substituents is 1. The highest BCUT2D eigenvalue weighted by molar-refractivity contribution is 9.10. The number of benzene rings is 1. The maximum Gasteiger partial charge on any atom is 0.289 e. The summed E-state index contributed by atoms with van der Waals surface area (Å²) in [6.07, 6.45) is 0.373. The molecule has 0 bridgehead atoms. The van der Waals surface area contributed by atoms with Crippen LogP contribution in [0, 0.1) is 10.1 Å². The number of aliphatic hydroxyl groups excluding tert-OH is 1. The maximum atomic E-state index is 12.1. The fraction of sp³-hybridized carbons (Fsp3) is 0.400. The summed E-state index contributed by atoms with van der Waals surface area (Å²) in [4.78, 5) is 9.66. The Morgan fingerprint density at radius 3 is 2.63 bits per heavy atom. The molecule has 0 saturated carbocycles. The Kier molecular flexibility index (Phi) is 5.41. The van der Waals surface area contributed by atoms with Crippen LogP contribution in [-0.4, -0.2) is 31.1 Å². The number of halogens is 1. The summed E-state index contributed by atoms with van der Waals surface area (Å²) in [7, 11) is -4.06. The quantitative estimate of drug-likeness (QED) is 0.594. The SMILES string of the molecule is CCC(CO)NS(=O)(=O)c1cc(Br)ccc1[N+](=O)[O-]. The second-order valence-electron chi connectivity index (χ2n) is 3.78. The summed E-state index contributed by atoms with van der Waals surface area (Å²) in [5.74, 6) is 0. The Labute approximate surface area is 119 Å². The number of aliphatic hydroxyl groups is 1. The molecule has 0 saturated heterocycles. The van der Waals surface area contributed by atoms with Crippen LogP contribution in [0.1, 0.15) is 13.3 Å². The second kappa shape index (κ2) is 6.42. The van der Waals surface area contributed by atoms with Crippen LogP contribution in [0.4, 0.5) is 5.69 Å². The molecule has 0 amide bonds. The lowest BCUT2D eigenvalue weighted by Crippen LogP contribution is -2.37. The highest BCUT2D eigenvalue weighted by Gasteiger charge is 2.27. The van der Waals surface area contributed by atoms with Gasteiger partial charge in [0.25, 0.3) is 5.69 Å². The van der Waals surface area contributed by atoms with Gasteiger partial charge in [-0.3, -0.25) is 10.1 Å². The first-order chi connectivity index (χ1) is 8.81. The Balaban J connectivity index is 3.27. The van der Waals surface area contributed by atoms with Crippen molar-refractivity contribution in [2.75, 3.05) is 6.61 Å². The molecule has 0 aliphatic carbocycles. The number of hydrogen-bond acceptors (Lipinski definition) is 5. The van der Waals surface area contributed by atoms with E-state index in [0.29, 0.717) is 10.9 Å². The van der Waals surface area contributed by atoms with Crippen LogP contribution in [0.3, 0.4) is 0 Å². The van der Waals surface area contributed by atoms with Crippen molar-refractivity contribution >= 4 is 31.6 Å². The Bertz CT molecular complexity index is 571.